The average Bonchev–Trinajstić information content (AvgIpc) is 3.20. The summed E-state index contributed by atoms with van der Waals surface area (Å²) in [7, 11) is 3.75. The van der Waals surface area contributed by atoms with E-state index in [9.17, 15) is 4.79 Å². The van der Waals surface area contributed by atoms with Crippen LogP contribution < -0.4 is 9.47 Å². The number of aliphatic imine (C=N–C) groups is 1. The lowest BCUT2D eigenvalue weighted by atomic mass is 10.1. The number of amides is 1. The highest BCUT2D eigenvalue weighted by Crippen LogP contribution is 2.38. The molecule has 1 unspecified atom stereocenters. The number of carbonyl (C=O) groups is 1. The van der Waals surface area contributed by atoms with Crippen LogP contribution in [0.5, 0.6) is 11.5 Å². The highest BCUT2D eigenvalue weighted by atomic mass is 32.1. The van der Waals surface area contributed by atoms with Crippen molar-refractivity contribution in [2.45, 2.75) is 44.2 Å². The van der Waals surface area contributed by atoms with Crippen LogP contribution in [0.4, 0.5) is 5.69 Å². The highest BCUT2D eigenvalue weighted by molar-refractivity contribution is 8.10. The minimum atomic E-state index is 0.0222. The molecule has 0 radical (unpaired) electrons. The van der Waals surface area contributed by atoms with E-state index in [0.717, 1.165) is 58.3 Å². The molecular formula is C23H32N4O3S2. The van der Waals surface area contributed by atoms with E-state index in [4.69, 9.17) is 21.7 Å². The molecule has 3 aliphatic heterocycles. The minimum Gasteiger partial charge on any atom is -0.493 e. The molecule has 2 saturated heterocycles. The Hall–Kier alpha value is -1.84. The van der Waals surface area contributed by atoms with Gasteiger partial charge in [-0.15, -0.1) is 12.6 Å². The van der Waals surface area contributed by atoms with Gasteiger partial charge in [-0.25, -0.2) is 0 Å². The number of rotatable bonds is 7. The fourth-order valence-corrected chi connectivity index (χ4v) is 5.30. The first-order valence-corrected chi connectivity index (χ1v) is 12.2. The molecular weight excluding hydrogens is 444 g/mol. The molecule has 0 spiro atoms. The number of likely N-dealkylation sites (N-methyl/N-ethyl adjacent to an activating group) is 1. The summed E-state index contributed by atoms with van der Waals surface area (Å²) in [6, 6.07) is 4.10. The van der Waals surface area contributed by atoms with Crippen molar-refractivity contribution < 1.29 is 14.3 Å². The van der Waals surface area contributed by atoms with Crippen LogP contribution in [0.3, 0.4) is 0 Å². The number of hydrogen-bond acceptors (Lipinski definition) is 6. The summed E-state index contributed by atoms with van der Waals surface area (Å²) in [5, 5.41) is 0. The number of benzene rings is 1. The number of ether oxygens (including phenoxy) is 2. The maximum absolute atomic E-state index is 13.0. The standard InChI is InChI=1S/C23H32N4O3S2/c1-25-9-10-27(23(31)32)17(15-25)6-3-4-11-30-21-13-19-18(12-20(21)29-2)22(28)26-8-5-7-16(26)14-24-19/h12-14,16-17H,3-11,15H2,1-2H3,(H,31,32)/t16-,17?/m0/s1. The number of methoxy groups -OCH3 is 1. The zero-order valence-electron chi connectivity index (χ0n) is 18.8. The lowest BCUT2D eigenvalue weighted by Crippen LogP contribution is -2.52. The zero-order valence-corrected chi connectivity index (χ0v) is 20.5. The summed E-state index contributed by atoms with van der Waals surface area (Å²) in [6.07, 6.45) is 6.88. The Morgan fingerprint density at radius 2 is 2.09 bits per heavy atom. The predicted molar refractivity (Wildman–Crippen MR) is 134 cm³/mol. The van der Waals surface area contributed by atoms with Crippen LogP contribution in [-0.4, -0.2) is 90.2 Å². The third-order valence-corrected chi connectivity index (χ3v) is 7.07. The van der Waals surface area contributed by atoms with E-state index in [1.165, 1.54) is 0 Å². The van der Waals surface area contributed by atoms with Gasteiger partial charge < -0.3 is 24.2 Å². The summed E-state index contributed by atoms with van der Waals surface area (Å²) in [6.45, 7) is 4.31. The first-order chi connectivity index (χ1) is 15.5. The molecule has 0 aromatic heterocycles. The molecule has 1 aromatic carbocycles. The first kappa shape index (κ1) is 23.3. The third-order valence-electron chi connectivity index (χ3n) is 6.58. The Morgan fingerprint density at radius 3 is 2.88 bits per heavy atom. The topological polar surface area (TPSA) is 57.6 Å². The van der Waals surface area contributed by atoms with Gasteiger partial charge in [0.15, 0.2) is 11.5 Å². The molecule has 3 aliphatic rings. The fourth-order valence-electron chi connectivity index (χ4n) is 4.79. The Morgan fingerprint density at radius 1 is 1.25 bits per heavy atom. The summed E-state index contributed by atoms with van der Waals surface area (Å²) in [5.41, 5.74) is 1.24. The third kappa shape index (κ3) is 5.05. The molecule has 0 saturated carbocycles. The van der Waals surface area contributed by atoms with Crippen molar-refractivity contribution in [3.8, 4) is 11.5 Å². The molecule has 0 bridgehead atoms. The Labute approximate surface area is 201 Å². The Bertz CT molecular complexity index is 894. The number of carbonyl (C=O) groups excluding carboxylic acids is 1. The monoisotopic (exact) mass is 476 g/mol. The number of nitrogens with zero attached hydrogens (tertiary/aromatic N) is 4. The molecule has 174 valence electrons. The number of fused-ring (bicyclic) bond motifs is 2. The molecule has 7 nitrogen and oxygen atoms in total. The summed E-state index contributed by atoms with van der Waals surface area (Å²) in [4.78, 5) is 24.0. The molecule has 9 heteroatoms. The van der Waals surface area contributed by atoms with Gasteiger partial charge in [0, 0.05) is 44.5 Å². The molecule has 0 N–H and O–H groups in total. The van der Waals surface area contributed by atoms with Crippen molar-refractivity contribution >= 4 is 47.0 Å². The van der Waals surface area contributed by atoms with E-state index in [1.807, 2.05) is 17.2 Å². The second kappa shape index (κ2) is 10.4. The van der Waals surface area contributed by atoms with Crippen LogP contribution in [0, 0.1) is 0 Å². The lowest BCUT2D eigenvalue weighted by molar-refractivity contribution is 0.0774. The molecule has 0 aliphatic carbocycles. The number of thiocarbonyl (C=S) groups is 1. The lowest BCUT2D eigenvalue weighted by Gasteiger charge is -2.40. The van der Waals surface area contributed by atoms with E-state index in [-0.39, 0.29) is 11.9 Å². The van der Waals surface area contributed by atoms with Gasteiger partial charge in [0.2, 0.25) is 0 Å². The maximum atomic E-state index is 13.0. The zero-order chi connectivity index (χ0) is 22.7. The molecule has 2 fully saturated rings. The summed E-state index contributed by atoms with van der Waals surface area (Å²) >= 11 is 9.71. The van der Waals surface area contributed by atoms with Crippen LogP contribution in [0.2, 0.25) is 0 Å². The molecule has 4 rings (SSSR count). The normalized spacial score (nSPS) is 23.0. The first-order valence-electron chi connectivity index (χ1n) is 11.4. The number of hydrogen-bond donors (Lipinski definition) is 1. The van der Waals surface area contributed by atoms with Crippen molar-refractivity contribution in [3.05, 3.63) is 17.7 Å². The largest absolute Gasteiger partial charge is 0.493 e. The van der Waals surface area contributed by atoms with Crippen LogP contribution in [-0.2, 0) is 0 Å². The second-order valence-corrected chi connectivity index (χ2v) is 9.86. The van der Waals surface area contributed by atoms with Gasteiger partial charge >= 0.3 is 0 Å². The van der Waals surface area contributed by atoms with Crippen LogP contribution in [0.1, 0.15) is 42.5 Å². The average molecular weight is 477 g/mol. The van der Waals surface area contributed by atoms with Crippen LogP contribution in [0.15, 0.2) is 17.1 Å². The van der Waals surface area contributed by atoms with Gasteiger partial charge in [0.1, 0.15) is 4.32 Å². The van der Waals surface area contributed by atoms with E-state index in [0.29, 0.717) is 39.7 Å². The molecule has 1 aromatic rings. The van der Waals surface area contributed by atoms with Gasteiger partial charge in [0.25, 0.3) is 5.91 Å². The van der Waals surface area contributed by atoms with Crippen molar-refractivity contribution in [2.24, 2.45) is 4.99 Å². The van der Waals surface area contributed by atoms with E-state index in [1.54, 1.807) is 13.2 Å². The van der Waals surface area contributed by atoms with Gasteiger partial charge in [0.05, 0.1) is 31.0 Å². The number of unbranched alkanes of at least 4 members (excludes halogenated alkanes) is 1. The van der Waals surface area contributed by atoms with E-state index in [2.05, 4.69) is 34.5 Å². The summed E-state index contributed by atoms with van der Waals surface area (Å²) in [5.74, 6) is 1.23. The van der Waals surface area contributed by atoms with Crippen molar-refractivity contribution in [3.63, 3.8) is 0 Å². The van der Waals surface area contributed by atoms with E-state index < -0.39 is 0 Å². The van der Waals surface area contributed by atoms with Crippen molar-refractivity contribution in [1.29, 1.82) is 0 Å². The quantitative estimate of drug-likeness (QED) is 0.370. The van der Waals surface area contributed by atoms with Crippen molar-refractivity contribution in [1.82, 2.24) is 14.7 Å². The number of piperazine rings is 1. The van der Waals surface area contributed by atoms with Crippen LogP contribution in [0.25, 0.3) is 0 Å². The molecule has 3 heterocycles. The maximum Gasteiger partial charge on any atom is 0.256 e. The van der Waals surface area contributed by atoms with Gasteiger partial charge in [-0.3, -0.25) is 9.79 Å². The van der Waals surface area contributed by atoms with Gasteiger partial charge in [-0.05, 0) is 45.2 Å². The molecule has 1 amide bonds. The predicted octanol–water partition coefficient (Wildman–Crippen LogP) is 3.40. The van der Waals surface area contributed by atoms with Crippen LogP contribution >= 0.6 is 24.8 Å². The highest BCUT2D eigenvalue weighted by Gasteiger charge is 2.32. The van der Waals surface area contributed by atoms with Gasteiger partial charge in [-0.2, -0.15) is 0 Å². The van der Waals surface area contributed by atoms with Gasteiger partial charge in [-0.1, -0.05) is 12.2 Å². The number of thiol groups is 1. The molecule has 2 atom stereocenters. The van der Waals surface area contributed by atoms with E-state index >= 15 is 0 Å². The summed E-state index contributed by atoms with van der Waals surface area (Å²) < 4.78 is 12.3. The minimum absolute atomic E-state index is 0.0222. The SMILES string of the molecule is COc1cc2c(cc1OCCCCC1CN(C)CCN1C(=S)S)N=C[C@@H]1CCCN1C2=O. The Balaban J connectivity index is 1.35. The Kier molecular flexibility index (Phi) is 7.58. The fraction of sp³-hybridized carbons (Fsp3) is 0.609. The molecule has 32 heavy (non-hydrogen) atoms. The van der Waals surface area contributed by atoms with Crippen molar-refractivity contribution in [2.75, 3.05) is 46.9 Å². The second-order valence-electron chi connectivity index (χ2n) is 8.74. The smallest absolute Gasteiger partial charge is 0.256 e.